The first-order chi connectivity index (χ1) is 14.1. The molecule has 1 amide bonds. The molecule has 0 bridgehead atoms. The van der Waals surface area contributed by atoms with E-state index >= 15 is 0 Å². The number of halogens is 1. The average Bonchev–Trinajstić information content (AvgIpc) is 2.74. The third-order valence-electron chi connectivity index (χ3n) is 4.82. The predicted molar refractivity (Wildman–Crippen MR) is 122 cm³/mol. The maximum Gasteiger partial charge on any atom is 0.258 e. The Kier molecular flexibility index (Phi) is 5.62. The van der Waals surface area contributed by atoms with Gasteiger partial charge in [-0.05, 0) is 51.2 Å². The van der Waals surface area contributed by atoms with Gasteiger partial charge in [-0.1, -0.05) is 42.5 Å². The summed E-state index contributed by atoms with van der Waals surface area (Å²) in [6, 6.07) is 17.3. The summed E-state index contributed by atoms with van der Waals surface area (Å²) in [4.78, 5) is 19.4. The molecule has 2 heterocycles. The number of nitrogens with zero attached hydrogens (tertiary/aromatic N) is 2. The normalized spacial score (nSPS) is 13.7. The lowest BCUT2D eigenvalue weighted by Crippen LogP contribution is -2.20. The molecule has 146 valence electrons. The molecule has 0 saturated heterocycles. The number of carbonyl (C=O) groups is 1. The van der Waals surface area contributed by atoms with Crippen molar-refractivity contribution in [3.8, 4) is 0 Å². The molecule has 0 aliphatic carbocycles. The third kappa shape index (κ3) is 4.49. The van der Waals surface area contributed by atoms with Crippen LogP contribution in [-0.4, -0.2) is 35.9 Å². The summed E-state index contributed by atoms with van der Waals surface area (Å²) in [5, 5.41) is 8.37. The standard InChI is InChI=1S/C23H21BrN4O/c1-28-11-10-16(12-21(28)24)14-25-20-9-5-4-8-19(20)23(29)27-22-13-17-6-2-3-7-18(17)15-26-22/h2-10,12-13,15,25H,11,14H2,1H3,(H,26,27,29). The number of hydrogen-bond acceptors (Lipinski definition) is 4. The molecule has 1 aromatic heterocycles. The Morgan fingerprint density at radius 3 is 2.72 bits per heavy atom. The first kappa shape index (κ1) is 19.2. The maximum atomic E-state index is 12.9. The molecule has 1 aliphatic heterocycles. The number of hydrogen-bond donors (Lipinski definition) is 2. The number of likely N-dealkylation sites (N-methyl/N-ethyl adjacent to an activating group) is 1. The number of pyridine rings is 1. The molecule has 0 spiro atoms. The lowest BCUT2D eigenvalue weighted by atomic mass is 10.1. The molecule has 2 aromatic carbocycles. The highest BCUT2D eigenvalue weighted by Gasteiger charge is 2.13. The van der Waals surface area contributed by atoms with Gasteiger partial charge in [-0.15, -0.1) is 0 Å². The molecule has 0 unspecified atom stereocenters. The van der Waals surface area contributed by atoms with E-state index in [0.29, 0.717) is 17.9 Å². The maximum absolute atomic E-state index is 12.9. The lowest BCUT2D eigenvalue weighted by Gasteiger charge is -2.22. The van der Waals surface area contributed by atoms with E-state index in [4.69, 9.17) is 0 Å². The van der Waals surface area contributed by atoms with Crippen LogP contribution in [0.5, 0.6) is 0 Å². The second kappa shape index (κ2) is 8.49. The van der Waals surface area contributed by atoms with Gasteiger partial charge in [0.05, 0.1) is 10.2 Å². The first-order valence-corrected chi connectivity index (χ1v) is 10.2. The van der Waals surface area contributed by atoms with Gasteiger partial charge in [0.25, 0.3) is 5.91 Å². The predicted octanol–water partition coefficient (Wildman–Crippen LogP) is 5.01. The van der Waals surface area contributed by atoms with Crippen molar-refractivity contribution in [3.63, 3.8) is 0 Å². The topological polar surface area (TPSA) is 57.3 Å². The fraction of sp³-hybridized carbons (Fsp3) is 0.130. The van der Waals surface area contributed by atoms with Crippen molar-refractivity contribution < 1.29 is 4.79 Å². The van der Waals surface area contributed by atoms with E-state index in [1.54, 1.807) is 6.20 Å². The molecule has 0 saturated carbocycles. The van der Waals surface area contributed by atoms with Crippen molar-refractivity contribution in [1.82, 2.24) is 9.88 Å². The summed E-state index contributed by atoms with van der Waals surface area (Å²) in [6.07, 6.45) is 6.02. The van der Waals surface area contributed by atoms with Gasteiger partial charge in [0.15, 0.2) is 0 Å². The Morgan fingerprint density at radius 1 is 1.14 bits per heavy atom. The number of rotatable bonds is 5. The first-order valence-electron chi connectivity index (χ1n) is 9.36. The molecule has 6 heteroatoms. The van der Waals surface area contributed by atoms with Gasteiger partial charge in [0.1, 0.15) is 5.82 Å². The summed E-state index contributed by atoms with van der Waals surface area (Å²) in [7, 11) is 2.03. The van der Waals surface area contributed by atoms with Crippen molar-refractivity contribution in [2.75, 3.05) is 30.8 Å². The van der Waals surface area contributed by atoms with Crippen LogP contribution in [0.4, 0.5) is 11.5 Å². The van der Waals surface area contributed by atoms with Gasteiger partial charge in [-0.3, -0.25) is 4.79 Å². The van der Waals surface area contributed by atoms with Gasteiger partial charge in [-0.25, -0.2) is 4.98 Å². The molecule has 0 fully saturated rings. The van der Waals surface area contributed by atoms with Gasteiger partial charge in [0.2, 0.25) is 0 Å². The van der Waals surface area contributed by atoms with E-state index in [9.17, 15) is 4.79 Å². The Hall–Kier alpha value is -3.12. The number of benzene rings is 2. The summed E-state index contributed by atoms with van der Waals surface area (Å²) < 4.78 is 1.05. The van der Waals surface area contributed by atoms with Crippen LogP contribution in [0.2, 0.25) is 0 Å². The molecule has 2 N–H and O–H groups in total. The fourth-order valence-corrected chi connectivity index (χ4v) is 3.59. The summed E-state index contributed by atoms with van der Waals surface area (Å²) in [5.74, 6) is 0.346. The molecule has 0 radical (unpaired) electrons. The zero-order chi connectivity index (χ0) is 20.2. The molecular formula is C23H21BrN4O. The van der Waals surface area contributed by atoms with Crippen LogP contribution in [0.25, 0.3) is 10.8 Å². The van der Waals surface area contributed by atoms with E-state index < -0.39 is 0 Å². The quantitative estimate of drug-likeness (QED) is 0.538. The summed E-state index contributed by atoms with van der Waals surface area (Å²) in [5.41, 5.74) is 2.54. The molecule has 4 rings (SSSR count). The number of para-hydroxylation sites is 1. The molecule has 0 atom stereocenters. The van der Waals surface area contributed by atoms with Gasteiger partial charge in [-0.2, -0.15) is 0 Å². The number of anilines is 2. The highest BCUT2D eigenvalue weighted by Crippen LogP contribution is 2.22. The van der Waals surface area contributed by atoms with Crippen molar-refractivity contribution >= 4 is 44.1 Å². The van der Waals surface area contributed by atoms with Gasteiger partial charge >= 0.3 is 0 Å². The van der Waals surface area contributed by atoms with Crippen LogP contribution in [0, 0.1) is 0 Å². The minimum atomic E-state index is -0.190. The van der Waals surface area contributed by atoms with Crippen LogP contribution in [0.1, 0.15) is 10.4 Å². The second-order valence-corrected chi connectivity index (χ2v) is 7.71. The van der Waals surface area contributed by atoms with Gasteiger partial charge < -0.3 is 15.5 Å². The molecule has 5 nitrogen and oxygen atoms in total. The van der Waals surface area contributed by atoms with Crippen LogP contribution >= 0.6 is 15.9 Å². The summed E-state index contributed by atoms with van der Waals surface area (Å²) in [6.45, 7) is 1.49. The Morgan fingerprint density at radius 2 is 1.90 bits per heavy atom. The summed E-state index contributed by atoms with van der Waals surface area (Å²) >= 11 is 3.56. The fourth-order valence-electron chi connectivity index (χ4n) is 3.15. The van der Waals surface area contributed by atoms with Crippen molar-refractivity contribution in [1.29, 1.82) is 0 Å². The lowest BCUT2D eigenvalue weighted by molar-refractivity contribution is 0.102. The van der Waals surface area contributed by atoms with Gasteiger partial charge in [0, 0.05) is 37.4 Å². The van der Waals surface area contributed by atoms with Crippen molar-refractivity contribution in [2.24, 2.45) is 0 Å². The molecule has 1 aliphatic rings. The van der Waals surface area contributed by atoms with Crippen LogP contribution < -0.4 is 10.6 Å². The smallest absolute Gasteiger partial charge is 0.258 e. The van der Waals surface area contributed by atoms with Crippen molar-refractivity contribution in [3.05, 3.63) is 88.7 Å². The highest BCUT2D eigenvalue weighted by molar-refractivity contribution is 9.11. The van der Waals surface area contributed by atoms with Crippen LogP contribution in [-0.2, 0) is 0 Å². The second-order valence-electron chi connectivity index (χ2n) is 6.90. The number of fused-ring (bicyclic) bond motifs is 1. The van der Waals surface area contributed by atoms with Crippen LogP contribution in [0.15, 0.2) is 83.1 Å². The number of carbonyl (C=O) groups excluding carboxylic acids is 1. The van der Waals surface area contributed by atoms with E-state index in [0.717, 1.165) is 27.6 Å². The monoisotopic (exact) mass is 448 g/mol. The zero-order valence-corrected chi connectivity index (χ0v) is 17.6. The zero-order valence-electron chi connectivity index (χ0n) is 16.0. The Balaban J connectivity index is 1.49. The average molecular weight is 449 g/mol. The number of aromatic nitrogens is 1. The van der Waals surface area contributed by atoms with Crippen molar-refractivity contribution in [2.45, 2.75) is 0 Å². The number of amides is 1. The SMILES string of the molecule is CN1CC=C(CNc2ccccc2C(=O)Nc2cc3ccccc3cn2)C=C1Br. The minimum absolute atomic E-state index is 0.190. The van der Waals surface area contributed by atoms with E-state index in [1.807, 2.05) is 61.6 Å². The molecule has 3 aromatic rings. The van der Waals surface area contributed by atoms with E-state index in [1.165, 1.54) is 5.57 Å². The molecular weight excluding hydrogens is 428 g/mol. The molecule has 29 heavy (non-hydrogen) atoms. The third-order valence-corrected chi connectivity index (χ3v) is 5.66. The highest BCUT2D eigenvalue weighted by atomic mass is 79.9. The van der Waals surface area contributed by atoms with E-state index in [-0.39, 0.29) is 5.91 Å². The number of nitrogens with one attached hydrogen (secondary N) is 2. The minimum Gasteiger partial charge on any atom is -0.380 e. The van der Waals surface area contributed by atoms with Crippen LogP contribution in [0.3, 0.4) is 0 Å². The Bertz CT molecular complexity index is 1120. The Labute approximate surface area is 178 Å². The van der Waals surface area contributed by atoms with E-state index in [2.05, 4.69) is 48.6 Å². The largest absolute Gasteiger partial charge is 0.380 e.